The van der Waals surface area contributed by atoms with Gasteiger partial charge in [0.1, 0.15) is 0 Å². The Bertz CT molecular complexity index is 230. The summed E-state index contributed by atoms with van der Waals surface area (Å²) < 4.78 is 4.50. The van der Waals surface area contributed by atoms with Crippen LogP contribution in [0.4, 0.5) is 0 Å². The van der Waals surface area contributed by atoms with Crippen LogP contribution in [-0.2, 0) is 14.3 Å². The van der Waals surface area contributed by atoms with E-state index in [2.05, 4.69) is 11.3 Å². The van der Waals surface area contributed by atoms with Crippen molar-refractivity contribution in [2.24, 2.45) is 5.92 Å². The third-order valence-corrected chi connectivity index (χ3v) is 1.35. The smallest absolute Gasteiger partial charge is 0.327 e. The van der Waals surface area contributed by atoms with Crippen molar-refractivity contribution in [1.29, 1.82) is 0 Å². The number of carboxylic acids is 1. The molecule has 1 unspecified atom stereocenters. The van der Waals surface area contributed by atoms with Crippen LogP contribution in [0.15, 0.2) is 25.0 Å². The normalized spacial score (nSPS) is 12.4. The maximum Gasteiger partial charge on any atom is 0.327 e. The van der Waals surface area contributed by atoms with Crippen LogP contribution in [0.2, 0.25) is 0 Å². The molecular weight excluding hydrogens is 172 g/mol. The molecule has 1 N–H and O–H groups in total. The van der Waals surface area contributed by atoms with E-state index in [1.165, 1.54) is 6.08 Å². The monoisotopic (exact) mass is 184 g/mol. The fourth-order valence-corrected chi connectivity index (χ4v) is 0.667. The first kappa shape index (κ1) is 11.4. The van der Waals surface area contributed by atoms with Gasteiger partial charge in [0.15, 0.2) is 0 Å². The van der Waals surface area contributed by atoms with Crippen molar-refractivity contribution in [2.75, 3.05) is 0 Å². The lowest BCUT2D eigenvalue weighted by Gasteiger charge is -2.04. The minimum Gasteiger partial charge on any atom is -0.478 e. The van der Waals surface area contributed by atoms with E-state index in [-0.39, 0.29) is 5.92 Å². The first-order valence-corrected chi connectivity index (χ1v) is 3.78. The summed E-state index contributed by atoms with van der Waals surface area (Å²) in [6, 6.07) is 0. The quantitative estimate of drug-likeness (QED) is 0.398. The summed E-state index contributed by atoms with van der Waals surface area (Å²) in [4.78, 5) is 21.0. The summed E-state index contributed by atoms with van der Waals surface area (Å²) in [6.07, 6.45) is 3.81. The van der Waals surface area contributed by atoms with Crippen molar-refractivity contribution in [3.8, 4) is 0 Å². The van der Waals surface area contributed by atoms with Gasteiger partial charge in [-0.1, -0.05) is 19.6 Å². The molecule has 0 rings (SSSR count). The number of ether oxygens (including phenoxy) is 1. The third kappa shape index (κ3) is 5.66. The Morgan fingerprint density at radius 2 is 2.23 bits per heavy atom. The lowest BCUT2D eigenvalue weighted by atomic mass is 10.1. The zero-order valence-corrected chi connectivity index (χ0v) is 7.40. The molecule has 13 heavy (non-hydrogen) atoms. The Balaban J connectivity index is 3.86. The van der Waals surface area contributed by atoms with Crippen molar-refractivity contribution in [3.05, 3.63) is 25.0 Å². The lowest BCUT2D eigenvalue weighted by molar-refractivity contribution is -0.142. The highest BCUT2D eigenvalue weighted by atomic mass is 16.5. The molecule has 0 radical (unpaired) electrons. The van der Waals surface area contributed by atoms with Crippen molar-refractivity contribution in [3.63, 3.8) is 0 Å². The number of allylic oxidation sites excluding steroid dienone is 1. The van der Waals surface area contributed by atoms with E-state index in [4.69, 9.17) is 5.11 Å². The number of esters is 1. The van der Waals surface area contributed by atoms with E-state index >= 15 is 0 Å². The number of aliphatic carboxylic acids is 1. The summed E-state index contributed by atoms with van der Waals surface area (Å²) in [7, 11) is 0. The first-order chi connectivity index (χ1) is 6.07. The molecule has 0 saturated heterocycles. The van der Waals surface area contributed by atoms with Crippen LogP contribution in [0.1, 0.15) is 13.3 Å². The second-order valence-electron chi connectivity index (χ2n) is 2.48. The molecule has 0 aromatic rings. The largest absolute Gasteiger partial charge is 0.478 e. The molecule has 0 spiro atoms. The van der Waals surface area contributed by atoms with Gasteiger partial charge in [-0.3, -0.25) is 4.79 Å². The predicted octanol–water partition coefficient (Wildman–Crippen LogP) is 1.34. The second kappa shape index (κ2) is 5.99. The van der Waals surface area contributed by atoms with Crippen molar-refractivity contribution in [1.82, 2.24) is 0 Å². The summed E-state index contributed by atoms with van der Waals surface area (Å²) in [5.74, 6) is -1.79. The van der Waals surface area contributed by atoms with Crippen LogP contribution >= 0.6 is 0 Å². The molecule has 4 nitrogen and oxygen atoms in total. The Morgan fingerprint density at radius 1 is 1.62 bits per heavy atom. The maximum absolute atomic E-state index is 10.9. The molecule has 0 aromatic heterocycles. The molecule has 0 aliphatic carbocycles. The summed E-state index contributed by atoms with van der Waals surface area (Å²) in [6.45, 7) is 4.89. The Morgan fingerprint density at radius 3 is 2.69 bits per heavy atom. The Labute approximate surface area is 76.5 Å². The van der Waals surface area contributed by atoms with Crippen molar-refractivity contribution < 1.29 is 19.4 Å². The van der Waals surface area contributed by atoms with Gasteiger partial charge in [0.05, 0.1) is 12.2 Å². The fraction of sp³-hybridized carbons (Fsp3) is 0.333. The predicted molar refractivity (Wildman–Crippen MR) is 46.8 cm³/mol. The maximum atomic E-state index is 10.9. The van der Waals surface area contributed by atoms with E-state index in [9.17, 15) is 9.59 Å². The summed E-state index contributed by atoms with van der Waals surface area (Å²) in [5.41, 5.74) is 0. The number of hydrogen-bond acceptors (Lipinski definition) is 3. The average Bonchev–Trinajstić information content (AvgIpc) is 2.04. The van der Waals surface area contributed by atoms with E-state index in [0.29, 0.717) is 6.42 Å². The highest BCUT2D eigenvalue weighted by Crippen LogP contribution is 2.05. The molecule has 4 heteroatoms. The second-order valence-corrected chi connectivity index (χ2v) is 2.48. The average molecular weight is 184 g/mol. The van der Waals surface area contributed by atoms with E-state index < -0.39 is 11.9 Å². The molecule has 0 saturated carbocycles. The molecule has 0 aliphatic rings. The molecule has 0 heterocycles. The molecule has 0 aliphatic heterocycles. The standard InChI is InChI=1S/C9H12O4/c1-3-13-9(12)7(2)5-4-6-8(10)11/h3-4,6-7H,1,5H2,2H3,(H,10,11)/b6-4+. The topological polar surface area (TPSA) is 63.6 Å². The van der Waals surface area contributed by atoms with Crippen LogP contribution in [0, 0.1) is 5.92 Å². The summed E-state index contributed by atoms with van der Waals surface area (Å²) in [5, 5.41) is 8.25. The van der Waals surface area contributed by atoms with Crippen LogP contribution in [-0.4, -0.2) is 17.0 Å². The minimum absolute atomic E-state index is 0.346. The third-order valence-electron chi connectivity index (χ3n) is 1.35. The zero-order chi connectivity index (χ0) is 10.3. The van der Waals surface area contributed by atoms with Crippen molar-refractivity contribution >= 4 is 11.9 Å². The number of hydrogen-bond donors (Lipinski definition) is 1. The highest BCUT2D eigenvalue weighted by molar-refractivity contribution is 5.80. The Hall–Kier alpha value is -1.58. The van der Waals surface area contributed by atoms with Crippen molar-refractivity contribution in [2.45, 2.75) is 13.3 Å². The van der Waals surface area contributed by atoms with Gasteiger partial charge in [-0.25, -0.2) is 4.79 Å². The molecule has 0 amide bonds. The summed E-state index contributed by atoms with van der Waals surface area (Å²) >= 11 is 0. The van der Waals surface area contributed by atoms with Gasteiger partial charge in [0.25, 0.3) is 0 Å². The SMILES string of the molecule is C=COC(=O)C(C)C/C=C/C(=O)O. The molecule has 0 fully saturated rings. The van der Waals surface area contributed by atoms with Gasteiger partial charge in [-0.05, 0) is 6.42 Å². The van der Waals surface area contributed by atoms with E-state index in [0.717, 1.165) is 12.3 Å². The molecule has 72 valence electrons. The van der Waals surface area contributed by atoms with Crippen LogP contribution in [0.25, 0.3) is 0 Å². The highest BCUT2D eigenvalue weighted by Gasteiger charge is 2.11. The van der Waals surface area contributed by atoms with Gasteiger partial charge >= 0.3 is 11.9 Å². The minimum atomic E-state index is -1.02. The van der Waals surface area contributed by atoms with E-state index in [1.807, 2.05) is 0 Å². The molecular formula is C9H12O4. The Kier molecular flexibility index (Phi) is 5.27. The number of carbonyl (C=O) groups excluding carboxylic acids is 1. The van der Waals surface area contributed by atoms with Crippen LogP contribution < -0.4 is 0 Å². The van der Waals surface area contributed by atoms with Crippen LogP contribution in [0.5, 0.6) is 0 Å². The van der Waals surface area contributed by atoms with Gasteiger partial charge in [-0.2, -0.15) is 0 Å². The molecule has 1 atom stereocenters. The van der Waals surface area contributed by atoms with Gasteiger partial charge < -0.3 is 9.84 Å². The molecule has 0 aromatic carbocycles. The zero-order valence-electron chi connectivity index (χ0n) is 7.40. The lowest BCUT2D eigenvalue weighted by Crippen LogP contribution is -2.11. The number of carbonyl (C=O) groups is 2. The van der Waals surface area contributed by atoms with Gasteiger partial charge in [-0.15, -0.1) is 0 Å². The number of rotatable bonds is 5. The van der Waals surface area contributed by atoms with Gasteiger partial charge in [0, 0.05) is 6.08 Å². The fourth-order valence-electron chi connectivity index (χ4n) is 0.667. The number of carboxylic acid groups (broad SMARTS) is 1. The van der Waals surface area contributed by atoms with E-state index in [1.54, 1.807) is 6.92 Å². The van der Waals surface area contributed by atoms with Crippen LogP contribution in [0.3, 0.4) is 0 Å². The first-order valence-electron chi connectivity index (χ1n) is 3.78. The van der Waals surface area contributed by atoms with Gasteiger partial charge in [0.2, 0.25) is 0 Å². The molecule has 0 bridgehead atoms.